The number of anilines is 1. The van der Waals surface area contributed by atoms with Crippen molar-refractivity contribution >= 4 is 17.3 Å². The van der Waals surface area contributed by atoms with E-state index in [4.69, 9.17) is 0 Å². The maximum Gasteiger partial charge on any atom is 0.252 e. The topological polar surface area (TPSA) is 68.4 Å². The van der Waals surface area contributed by atoms with Gasteiger partial charge in [-0.15, -0.1) is 11.3 Å². The number of hydrogen-bond acceptors (Lipinski definition) is 7. The van der Waals surface area contributed by atoms with Gasteiger partial charge < -0.3 is 4.90 Å². The first-order valence-electron chi connectivity index (χ1n) is 8.95. The second kappa shape index (κ2) is 7.85. The van der Waals surface area contributed by atoms with Crippen molar-refractivity contribution < 1.29 is 0 Å². The predicted molar refractivity (Wildman–Crippen MR) is 106 cm³/mol. The number of hydrogen-bond donors (Lipinski definition) is 1. The fourth-order valence-corrected chi connectivity index (χ4v) is 4.39. The Morgan fingerprint density at radius 2 is 2.08 bits per heavy atom. The van der Waals surface area contributed by atoms with Crippen molar-refractivity contribution in [3.05, 3.63) is 37.7 Å². The van der Waals surface area contributed by atoms with Gasteiger partial charge in [0.05, 0.1) is 16.4 Å². The molecule has 1 N–H and O–H groups in total. The van der Waals surface area contributed by atoms with Gasteiger partial charge in [0.25, 0.3) is 5.56 Å². The third-order valence-electron chi connectivity index (χ3n) is 4.85. The summed E-state index contributed by atoms with van der Waals surface area (Å²) in [6.45, 7) is 7.96. The van der Waals surface area contributed by atoms with Gasteiger partial charge in [-0.3, -0.25) is 19.6 Å². The summed E-state index contributed by atoms with van der Waals surface area (Å²) in [5.74, 6) is 0.602. The molecule has 1 atom stereocenters. The summed E-state index contributed by atoms with van der Waals surface area (Å²) in [7, 11) is 5.88. The molecular formula is C18H28N6OS. The molecule has 0 radical (unpaired) electrons. The van der Waals surface area contributed by atoms with Gasteiger partial charge in [0.1, 0.15) is 0 Å². The number of nitrogens with zero attached hydrogens (tertiary/aromatic N) is 5. The zero-order chi connectivity index (χ0) is 18.8. The molecular weight excluding hydrogens is 348 g/mol. The van der Waals surface area contributed by atoms with E-state index in [2.05, 4.69) is 45.6 Å². The lowest BCUT2D eigenvalue weighted by Gasteiger charge is -2.24. The Hall–Kier alpha value is -1.77. The number of aromatic nitrogens is 3. The first kappa shape index (κ1) is 19.0. The van der Waals surface area contributed by atoms with Gasteiger partial charge in [-0.1, -0.05) is 0 Å². The fraction of sp³-hybridized carbons (Fsp3) is 0.611. The second-order valence-corrected chi connectivity index (χ2v) is 8.58. The Balaban J connectivity index is 1.60. The first-order chi connectivity index (χ1) is 12.3. The third kappa shape index (κ3) is 4.49. The molecule has 1 aliphatic heterocycles. The van der Waals surface area contributed by atoms with Crippen LogP contribution in [0, 0.1) is 13.8 Å². The van der Waals surface area contributed by atoms with Crippen molar-refractivity contribution in [2.45, 2.75) is 39.4 Å². The average Bonchev–Trinajstić information content (AvgIpc) is 3.14. The highest BCUT2D eigenvalue weighted by Crippen LogP contribution is 2.23. The van der Waals surface area contributed by atoms with Gasteiger partial charge in [0.2, 0.25) is 5.95 Å². The van der Waals surface area contributed by atoms with E-state index >= 15 is 0 Å². The van der Waals surface area contributed by atoms with E-state index in [0.29, 0.717) is 18.5 Å². The number of H-pyrrole nitrogens is 1. The van der Waals surface area contributed by atoms with E-state index < -0.39 is 0 Å². The molecule has 1 saturated heterocycles. The van der Waals surface area contributed by atoms with Crippen LogP contribution in [0.25, 0.3) is 0 Å². The van der Waals surface area contributed by atoms with Crippen molar-refractivity contribution in [3.63, 3.8) is 0 Å². The van der Waals surface area contributed by atoms with Gasteiger partial charge in [-0.2, -0.15) is 0 Å². The van der Waals surface area contributed by atoms with Crippen molar-refractivity contribution in [2.24, 2.45) is 0 Å². The Morgan fingerprint density at radius 3 is 2.73 bits per heavy atom. The minimum Gasteiger partial charge on any atom is -0.348 e. The normalized spacial score (nSPS) is 18.0. The number of aryl methyl sites for hydroxylation is 2. The zero-order valence-electron chi connectivity index (χ0n) is 16.2. The number of likely N-dealkylation sites (N-methyl/N-ethyl adjacent to an activating group) is 1. The quantitative estimate of drug-likeness (QED) is 0.826. The number of rotatable bonds is 6. The smallest absolute Gasteiger partial charge is 0.252 e. The Labute approximate surface area is 158 Å². The molecule has 0 aliphatic carbocycles. The SMILES string of the molecule is Cc1nc(C)c(CN2CC[C@H](N(C)Cc3cc(=O)[nH]c(N(C)C)n3)C2)s1. The minimum absolute atomic E-state index is 0.101. The fourth-order valence-electron chi connectivity index (χ4n) is 3.41. The van der Waals surface area contributed by atoms with Crippen LogP contribution in [0.3, 0.4) is 0 Å². The lowest BCUT2D eigenvalue weighted by molar-refractivity contribution is 0.221. The summed E-state index contributed by atoms with van der Waals surface area (Å²) in [6.07, 6.45) is 1.14. The molecule has 0 bridgehead atoms. The molecule has 0 unspecified atom stereocenters. The van der Waals surface area contributed by atoms with Crippen LogP contribution < -0.4 is 10.5 Å². The Morgan fingerprint density at radius 1 is 1.31 bits per heavy atom. The average molecular weight is 377 g/mol. The molecule has 0 aromatic carbocycles. The Kier molecular flexibility index (Phi) is 5.74. The van der Waals surface area contributed by atoms with Crippen LogP contribution in [0.15, 0.2) is 10.9 Å². The molecule has 26 heavy (non-hydrogen) atoms. The Bertz CT molecular complexity index is 814. The summed E-state index contributed by atoms with van der Waals surface area (Å²) < 4.78 is 0. The highest BCUT2D eigenvalue weighted by molar-refractivity contribution is 7.11. The molecule has 3 rings (SSSR count). The minimum atomic E-state index is -0.101. The maximum atomic E-state index is 11.9. The third-order valence-corrected chi connectivity index (χ3v) is 5.91. The van der Waals surface area contributed by atoms with E-state index in [-0.39, 0.29) is 5.56 Å². The summed E-state index contributed by atoms with van der Waals surface area (Å²) in [6, 6.07) is 2.08. The number of thiazole rings is 1. The van der Waals surface area contributed by atoms with E-state index in [1.807, 2.05) is 19.0 Å². The van der Waals surface area contributed by atoms with Gasteiger partial charge in [-0.25, -0.2) is 9.97 Å². The molecule has 0 saturated carbocycles. The molecule has 8 heteroatoms. The van der Waals surface area contributed by atoms with Crippen molar-refractivity contribution in [1.29, 1.82) is 0 Å². The summed E-state index contributed by atoms with van der Waals surface area (Å²) in [4.78, 5) is 31.7. The molecule has 7 nitrogen and oxygen atoms in total. The molecule has 0 spiro atoms. The maximum absolute atomic E-state index is 11.9. The second-order valence-electron chi connectivity index (χ2n) is 7.29. The molecule has 2 aromatic rings. The van der Waals surface area contributed by atoms with Crippen molar-refractivity contribution in [1.82, 2.24) is 24.8 Å². The molecule has 1 fully saturated rings. The van der Waals surface area contributed by atoms with E-state index in [9.17, 15) is 4.79 Å². The molecule has 3 heterocycles. The summed E-state index contributed by atoms with van der Waals surface area (Å²) >= 11 is 1.80. The lowest BCUT2D eigenvalue weighted by Crippen LogP contribution is -2.34. The van der Waals surface area contributed by atoms with Crippen LogP contribution in [0.2, 0.25) is 0 Å². The first-order valence-corrected chi connectivity index (χ1v) is 9.76. The molecule has 0 amide bonds. The van der Waals surface area contributed by atoms with Gasteiger partial charge in [-0.05, 0) is 27.3 Å². The number of aromatic amines is 1. The van der Waals surface area contributed by atoms with E-state index in [1.54, 1.807) is 17.4 Å². The van der Waals surface area contributed by atoms with Crippen LogP contribution in [-0.2, 0) is 13.1 Å². The number of likely N-dealkylation sites (tertiary alicyclic amines) is 1. The molecule has 1 aliphatic rings. The molecule has 142 valence electrons. The zero-order valence-corrected chi connectivity index (χ0v) is 17.1. The summed E-state index contributed by atoms with van der Waals surface area (Å²) in [5, 5.41) is 1.14. The van der Waals surface area contributed by atoms with Crippen LogP contribution >= 0.6 is 11.3 Å². The van der Waals surface area contributed by atoms with E-state index in [0.717, 1.165) is 42.5 Å². The van der Waals surface area contributed by atoms with Gasteiger partial charge in [0.15, 0.2) is 0 Å². The highest BCUT2D eigenvalue weighted by atomic mass is 32.1. The van der Waals surface area contributed by atoms with Crippen LogP contribution in [0.4, 0.5) is 5.95 Å². The highest BCUT2D eigenvalue weighted by Gasteiger charge is 2.27. The van der Waals surface area contributed by atoms with E-state index in [1.165, 1.54) is 4.88 Å². The monoisotopic (exact) mass is 376 g/mol. The van der Waals surface area contributed by atoms with Crippen LogP contribution in [0.5, 0.6) is 0 Å². The lowest BCUT2D eigenvalue weighted by atomic mass is 10.2. The van der Waals surface area contributed by atoms with Crippen LogP contribution in [0.1, 0.15) is 27.7 Å². The largest absolute Gasteiger partial charge is 0.348 e. The number of nitrogens with one attached hydrogen (secondary N) is 1. The summed E-state index contributed by atoms with van der Waals surface area (Å²) in [5.41, 5.74) is 1.87. The van der Waals surface area contributed by atoms with Crippen molar-refractivity contribution in [2.75, 3.05) is 39.1 Å². The standard InChI is InChI=1S/C18H28N6OS/c1-12-16(26-13(2)19-12)11-24-7-6-15(10-24)23(5)9-14-8-17(25)21-18(20-14)22(3)4/h8,15H,6-7,9-11H2,1-5H3,(H,20,21,25)/t15-/m0/s1. The predicted octanol–water partition coefficient (Wildman–Crippen LogP) is 1.62. The van der Waals surface area contributed by atoms with Crippen LogP contribution in [-0.4, -0.2) is 65.0 Å². The van der Waals surface area contributed by atoms with Crippen molar-refractivity contribution in [3.8, 4) is 0 Å². The van der Waals surface area contributed by atoms with Gasteiger partial charge in [0, 0.05) is 57.3 Å². The van der Waals surface area contributed by atoms with Gasteiger partial charge >= 0.3 is 0 Å². The molecule has 2 aromatic heterocycles.